The van der Waals surface area contributed by atoms with Crippen molar-refractivity contribution in [3.05, 3.63) is 54.1 Å². The van der Waals surface area contributed by atoms with Gasteiger partial charge in [0.25, 0.3) is 0 Å². The lowest BCUT2D eigenvalue weighted by Gasteiger charge is -2.32. The number of nitrogens with one attached hydrogen (secondary N) is 1. The van der Waals surface area contributed by atoms with E-state index in [1.54, 1.807) is 0 Å². The molecule has 2 aromatic carbocycles. The summed E-state index contributed by atoms with van der Waals surface area (Å²) in [6, 6.07) is 16.0. The summed E-state index contributed by atoms with van der Waals surface area (Å²) >= 11 is 5.63. The van der Waals surface area contributed by atoms with Crippen molar-refractivity contribution in [1.82, 2.24) is 4.90 Å². The smallest absolute Gasteiger partial charge is 0.173 e. The zero-order chi connectivity index (χ0) is 17.6. The first-order valence-electron chi connectivity index (χ1n) is 8.67. The van der Waals surface area contributed by atoms with Crippen LogP contribution >= 0.6 is 12.2 Å². The number of hydrogen-bond donors (Lipinski definition) is 1. The third-order valence-electron chi connectivity index (χ3n) is 4.04. The molecule has 5 heteroatoms. The molecule has 25 heavy (non-hydrogen) atoms. The summed E-state index contributed by atoms with van der Waals surface area (Å²) in [5.74, 6) is 1.61. The van der Waals surface area contributed by atoms with Gasteiger partial charge in [0.15, 0.2) is 22.7 Å². The minimum Gasteiger partial charge on any atom is -0.486 e. The van der Waals surface area contributed by atoms with E-state index in [1.165, 1.54) is 5.56 Å². The molecular formula is C20H24N2O2S. The van der Waals surface area contributed by atoms with E-state index >= 15 is 0 Å². The molecule has 0 saturated carbocycles. The Balaban J connectivity index is 1.64. The molecule has 0 aromatic heterocycles. The molecule has 132 valence electrons. The number of benzene rings is 2. The molecule has 0 saturated heterocycles. The van der Waals surface area contributed by atoms with Crippen molar-refractivity contribution in [3.8, 4) is 11.5 Å². The second-order valence-electron chi connectivity index (χ2n) is 6.24. The number of hydrogen-bond acceptors (Lipinski definition) is 3. The highest BCUT2D eigenvalue weighted by Gasteiger charge is 2.24. The van der Waals surface area contributed by atoms with Crippen molar-refractivity contribution in [2.24, 2.45) is 0 Å². The number of anilines is 1. The predicted octanol–water partition coefficient (Wildman–Crippen LogP) is 4.24. The Morgan fingerprint density at radius 2 is 2.00 bits per heavy atom. The van der Waals surface area contributed by atoms with Gasteiger partial charge in [-0.3, -0.25) is 0 Å². The molecule has 0 bridgehead atoms. The lowest BCUT2D eigenvalue weighted by molar-refractivity contribution is 0.0746. The van der Waals surface area contributed by atoms with E-state index in [-0.39, 0.29) is 6.10 Å². The molecule has 0 radical (unpaired) electrons. The van der Waals surface area contributed by atoms with Crippen molar-refractivity contribution in [2.45, 2.75) is 26.4 Å². The quantitative estimate of drug-likeness (QED) is 0.810. The zero-order valence-electron chi connectivity index (χ0n) is 14.7. The standard InChI is InChI=1S/C20H24N2O2S/c1-3-11-22(20(25)21-16-8-6-7-15(2)12-16)13-17-14-23-18-9-4-5-10-19(18)24-17/h4-10,12,17H,3,11,13-14H2,1-2H3,(H,21,25)/t17-/m1/s1. The Morgan fingerprint density at radius 1 is 1.20 bits per heavy atom. The third-order valence-corrected chi connectivity index (χ3v) is 4.40. The molecule has 4 nitrogen and oxygen atoms in total. The molecule has 2 aromatic rings. The van der Waals surface area contributed by atoms with Gasteiger partial charge >= 0.3 is 0 Å². The summed E-state index contributed by atoms with van der Waals surface area (Å²) in [5, 5.41) is 4.05. The van der Waals surface area contributed by atoms with Crippen LogP contribution in [0.4, 0.5) is 5.69 Å². The number of rotatable bonds is 5. The SMILES string of the molecule is CCCN(C[C@@H]1COc2ccccc2O1)C(=S)Nc1cccc(C)c1. The van der Waals surface area contributed by atoms with E-state index < -0.39 is 0 Å². The van der Waals surface area contributed by atoms with Gasteiger partial charge in [-0.05, 0) is 55.4 Å². The van der Waals surface area contributed by atoms with Crippen LogP contribution in [0.1, 0.15) is 18.9 Å². The topological polar surface area (TPSA) is 33.7 Å². The summed E-state index contributed by atoms with van der Waals surface area (Å²) < 4.78 is 11.9. The van der Waals surface area contributed by atoms with Crippen molar-refractivity contribution < 1.29 is 9.47 Å². The molecule has 0 amide bonds. The number of para-hydroxylation sites is 2. The van der Waals surface area contributed by atoms with Gasteiger partial charge < -0.3 is 19.7 Å². The summed E-state index contributed by atoms with van der Waals surface area (Å²) in [7, 11) is 0. The third kappa shape index (κ3) is 4.63. The van der Waals surface area contributed by atoms with Crippen LogP contribution in [0.5, 0.6) is 11.5 Å². The lowest BCUT2D eigenvalue weighted by atomic mass is 10.2. The molecule has 1 aliphatic rings. The first kappa shape index (κ1) is 17.5. The zero-order valence-corrected chi connectivity index (χ0v) is 15.5. The van der Waals surface area contributed by atoms with Gasteiger partial charge in [0.1, 0.15) is 6.61 Å². The van der Waals surface area contributed by atoms with Crippen molar-refractivity contribution in [3.63, 3.8) is 0 Å². The molecule has 1 aliphatic heterocycles. The summed E-state index contributed by atoms with van der Waals surface area (Å²) in [6.45, 7) is 6.32. The van der Waals surface area contributed by atoms with E-state index in [2.05, 4.69) is 36.2 Å². The summed E-state index contributed by atoms with van der Waals surface area (Å²) in [5.41, 5.74) is 2.22. The number of aryl methyl sites for hydroxylation is 1. The molecule has 0 fully saturated rings. The van der Waals surface area contributed by atoms with Crippen molar-refractivity contribution in [1.29, 1.82) is 0 Å². The first-order chi connectivity index (χ1) is 12.2. The average molecular weight is 356 g/mol. The van der Waals surface area contributed by atoms with Crippen LogP contribution in [0.2, 0.25) is 0 Å². The number of ether oxygens (including phenoxy) is 2. The second kappa shape index (κ2) is 8.21. The molecule has 0 spiro atoms. The number of nitrogens with zero attached hydrogens (tertiary/aromatic N) is 1. The van der Waals surface area contributed by atoms with Crippen LogP contribution in [-0.4, -0.2) is 35.8 Å². The molecule has 1 atom stereocenters. The number of fused-ring (bicyclic) bond motifs is 1. The minimum atomic E-state index is -0.0429. The fourth-order valence-corrected chi connectivity index (χ4v) is 3.15. The highest BCUT2D eigenvalue weighted by Crippen LogP contribution is 2.31. The fraction of sp³-hybridized carbons (Fsp3) is 0.350. The summed E-state index contributed by atoms with van der Waals surface area (Å²) in [6.07, 6.45) is 0.971. The van der Waals surface area contributed by atoms with Gasteiger partial charge in [-0.25, -0.2) is 0 Å². The Labute approximate surface area is 154 Å². The maximum absolute atomic E-state index is 6.07. The Hall–Kier alpha value is -2.27. The van der Waals surface area contributed by atoms with Crippen LogP contribution in [0, 0.1) is 6.92 Å². The number of thiocarbonyl (C=S) groups is 1. The fourth-order valence-electron chi connectivity index (χ4n) is 2.87. The van der Waals surface area contributed by atoms with E-state index in [9.17, 15) is 0 Å². The molecule has 1 heterocycles. The van der Waals surface area contributed by atoms with Gasteiger partial charge in [0.2, 0.25) is 0 Å². The Kier molecular flexibility index (Phi) is 5.76. The maximum Gasteiger partial charge on any atom is 0.173 e. The van der Waals surface area contributed by atoms with Crippen LogP contribution < -0.4 is 14.8 Å². The average Bonchev–Trinajstić information content (AvgIpc) is 2.61. The van der Waals surface area contributed by atoms with Crippen molar-refractivity contribution in [2.75, 3.05) is 25.0 Å². The van der Waals surface area contributed by atoms with Crippen LogP contribution in [0.3, 0.4) is 0 Å². The van der Waals surface area contributed by atoms with E-state index in [1.807, 2.05) is 36.4 Å². The first-order valence-corrected chi connectivity index (χ1v) is 9.07. The Bertz CT molecular complexity index is 735. The van der Waals surface area contributed by atoms with Crippen molar-refractivity contribution >= 4 is 23.0 Å². The predicted molar refractivity (Wildman–Crippen MR) is 106 cm³/mol. The highest BCUT2D eigenvalue weighted by molar-refractivity contribution is 7.80. The normalized spacial score (nSPS) is 15.5. The monoisotopic (exact) mass is 356 g/mol. The molecule has 3 rings (SSSR count). The second-order valence-corrected chi connectivity index (χ2v) is 6.63. The van der Waals surface area contributed by atoms with E-state index in [0.29, 0.717) is 13.2 Å². The van der Waals surface area contributed by atoms with Crippen LogP contribution in [0.15, 0.2) is 48.5 Å². The largest absolute Gasteiger partial charge is 0.486 e. The van der Waals surface area contributed by atoms with Crippen LogP contribution in [0.25, 0.3) is 0 Å². The van der Waals surface area contributed by atoms with Gasteiger partial charge in [-0.2, -0.15) is 0 Å². The molecular weight excluding hydrogens is 332 g/mol. The molecule has 0 unspecified atom stereocenters. The van der Waals surface area contributed by atoms with E-state index in [0.717, 1.165) is 35.3 Å². The van der Waals surface area contributed by atoms with Crippen LogP contribution in [-0.2, 0) is 0 Å². The Morgan fingerprint density at radius 3 is 2.76 bits per heavy atom. The van der Waals surface area contributed by atoms with Gasteiger partial charge in [-0.1, -0.05) is 31.2 Å². The van der Waals surface area contributed by atoms with Gasteiger partial charge in [0.05, 0.1) is 6.54 Å². The molecule has 1 N–H and O–H groups in total. The van der Waals surface area contributed by atoms with Gasteiger partial charge in [0, 0.05) is 12.2 Å². The highest BCUT2D eigenvalue weighted by atomic mass is 32.1. The van der Waals surface area contributed by atoms with E-state index in [4.69, 9.17) is 21.7 Å². The molecule has 0 aliphatic carbocycles. The minimum absolute atomic E-state index is 0.0429. The lowest BCUT2D eigenvalue weighted by Crippen LogP contribution is -2.45. The van der Waals surface area contributed by atoms with Gasteiger partial charge in [-0.15, -0.1) is 0 Å². The summed E-state index contributed by atoms with van der Waals surface area (Å²) in [4.78, 5) is 2.15. The maximum atomic E-state index is 6.07.